The molecular weight excluding hydrogens is 200 g/mol. The van der Waals surface area contributed by atoms with Crippen LogP contribution in [0.5, 0.6) is 0 Å². The zero-order chi connectivity index (χ0) is 11.5. The van der Waals surface area contributed by atoms with Crippen LogP contribution in [0, 0.1) is 0 Å². The van der Waals surface area contributed by atoms with Crippen molar-refractivity contribution < 1.29 is 5.11 Å². The van der Waals surface area contributed by atoms with Gasteiger partial charge in [-0.25, -0.2) is 0 Å². The molecule has 0 aromatic rings. The van der Waals surface area contributed by atoms with E-state index in [1.165, 1.54) is 38.5 Å². The first-order chi connectivity index (χ1) is 7.72. The molecule has 16 heavy (non-hydrogen) atoms. The topological polar surface area (TPSA) is 35.5 Å². The van der Waals surface area contributed by atoms with Gasteiger partial charge in [0.05, 0.1) is 6.10 Å². The Bertz CT molecular complexity index is 214. The standard InChI is InChI=1S/C13H26N2O/c1-14-10-6-8-11(9-7-10)15(2)12-4-3-5-13(12)16/h10-14,16H,3-9H2,1-2H3. The van der Waals surface area contributed by atoms with Crippen molar-refractivity contribution in [3.05, 3.63) is 0 Å². The molecule has 0 heterocycles. The maximum atomic E-state index is 9.93. The second kappa shape index (κ2) is 5.48. The Labute approximate surface area is 99.2 Å². The fourth-order valence-corrected chi connectivity index (χ4v) is 3.44. The van der Waals surface area contributed by atoms with E-state index in [0.29, 0.717) is 12.1 Å². The van der Waals surface area contributed by atoms with E-state index in [-0.39, 0.29) is 6.10 Å². The Kier molecular flexibility index (Phi) is 4.22. The van der Waals surface area contributed by atoms with E-state index >= 15 is 0 Å². The van der Waals surface area contributed by atoms with Gasteiger partial charge in [0.1, 0.15) is 0 Å². The molecule has 0 radical (unpaired) electrons. The number of nitrogens with one attached hydrogen (secondary N) is 1. The summed E-state index contributed by atoms with van der Waals surface area (Å²) in [6.07, 6.45) is 8.44. The van der Waals surface area contributed by atoms with Crippen molar-refractivity contribution in [2.75, 3.05) is 14.1 Å². The summed E-state index contributed by atoms with van der Waals surface area (Å²) in [4.78, 5) is 2.46. The molecule has 0 aliphatic heterocycles. The van der Waals surface area contributed by atoms with Gasteiger partial charge in [0, 0.05) is 18.1 Å². The van der Waals surface area contributed by atoms with Crippen LogP contribution >= 0.6 is 0 Å². The van der Waals surface area contributed by atoms with E-state index in [0.717, 1.165) is 12.5 Å². The second-order valence-electron chi connectivity index (χ2n) is 5.53. The minimum atomic E-state index is -0.0768. The molecule has 2 N–H and O–H groups in total. The third kappa shape index (κ3) is 2.58. The number of aliphatic hydroxyl groups is 1. The summed E-state index contributed by atoms with van der Waals surface area (Å²) >= 11 is 0. The average molecular weight is 226 g/mol. The fourth-order valence-electron chi connectivity index (χ4n) is 3.44. The van der Waals surface area contributed by atoms with E-state index < -0.39 is 0 Å². The Morgan fingerprint density at radius 1 is 1.06 bits per heavy atom. The van der Waals surface area contributed by atoms with E-state index in [4.69, 9.17) is 0 Å². The molecule has 0 bridgehead atoms. The van der Waals surface area contributed by atoms with Crippen LogP contribution in [0.15, 0.2) is 0 Å². The molecule has 2 fully saturated rings. The van der Waals surface area contributed by atoms with Crippen molar-refractivity contribution >= 4 is 0 Å². The van der Waals surface area contributed by atoms with Crippen LogP contribution in [0.4, 0.5) is 0 Å². The Balaban J connectivity index is 1.83. The monoisotopic (exact) mass is 226 g/mol. The van der Waals surface area contributed by atoms with Crippen LogP contribution in [0.2, 0.25) is 0 Å². The largest absolute Gasteiger partial charge is 0.391 e. The van der Waals surface area contributed by atoms with Gasteiger partial charge in [-0.15, -0.1) is 0 Å². The van der Waals surface area contributed by atoms with Gasteiger partial charge >= 0.3 is 0 Å². The number of likely N-dealkylation sites (N-methyl/N-ethyl adjacent to an activating group) is 1. The van der Waals surface area contributed by atoms with Crippen molar-refractivity contribution in [3.8, 4) is 0 Å². The van der Waals surface area contributed by atoms with Gasteiger partial charge in [0.25, 0.3) is 0 Å². The zero-order valence-electron chi connectivity index (χ0n) is 10.7. The van der Waals surface area contributed by atoms with Crippen LogP contribution in [0.3, 0.4) is 0 Å². The molecule has 2 saturated carbocycles. The zero-order valence-corrected chi connectivity index (χ0v) is 10.7. The van der Waals surface area contributed by atoms with Gasteiger partial charge < -0.3 is 10.4 Å². The summed E-state index contributed by atoms with van der Waals surface area (Å²) in [5.74, 6) is 0. The summed E-state index contributed by atoms with van der Waals surface area (Å²) < 4.78 is 0. The molecule has 2 rings (SSSR count). The molecule has 0 aromatic carbocycles. The first kappa shape index (κ1) is 12.3. The molecule has 2 atom stereocenters. The number of hydrogen-bond acceptors (Lipinski definition) is 3. The van der Waals surface area contributed by atoms with Crippen LogP contribution < -0.4 is 5.32 Å². The van der Waals surface area contributed by atoms with Gasteiger partial charge in [0.15, 0.2) is 0 Å². The highest BCUT2D eigenvalue weighted by atomic mass is 16.3. The molecule has 2 unspecified atom stereocenters. The first-order valence-corrected chi connectivity index (χ1v) is 6.79. The maximum absolute atomic E-state index is 9.93. The van der Waals surface area contributed by atoms with Crippen molar-refractivity contribution in [1.82, 2.24) is 10.2 Å². The van der Waals surface area contributed by atoms with Crippen LogP contribution in [-0.2, 0) is 0 Å². The van der Waals surface area contributed by atoms with E-state index in [9.17, 15) is 5.11 Å². The van der Waals surface area contributed by atoms with Crippen LogP contribution in [0.25, 0.3) is 0 Å². The highest BCUT2D eigenvalue weighted by molar-refractivity contribution is 4.89. The summed E-state index contributed by atoms with van der Waals surface area (Å²) in [5, 5.41) is 13.3. The minimum Gasteiger partial charge on any atom is -0.391 e. The van der Waals surface area contributed by atoms with Gasteiger partial charge in [-0.2, -0.15) is 0 Å². The van der Waals surface area contributed by atoms with Gasteiger partial charge in [0.2, 0.25) is 0 Å². The van der Waals surface area contributed by atoms with Gasteiger partial charge in [-0.05, 0) is 59.0 Å². The number of nitrogens with zero attached hydrogens (tertiary/aromatic N) is 1. The summed E-state index contributed by atoms with van der Waals surface area (Å²) in [6, 6.07) is 1.84. The van der Waals surface area contributed by atoms with Crippen molar-refractivity contribution in [3.63, 3.8) is 0 Å². The number of aliphatic hydroxyl groups excluding tert-OH is 1. The van der Waals surface area contributed by atoms with E-state index in [1.807, 2.05) is 0 Å². The maximum Gasteiger partial charge on any atom is 0.0695 e. The molecule has 0 amide bonds. The van der Waals surface area contributed by atoms with Crippen LogP contribution in [-0.4, -0.2) is 48.3 Å². The second-order valence-corrected chi connectivity index (χ2v) is 5.53. The Hall–Kier alpha value is -0.120. The van der Waals surface area contributed by atoms with Gasteiger partial charge in [-0.3, -0.25) is 4.90 Å². The predicted octanol–water partition coefficient (Wildman–Crippen LogP) is 1.36. The van der Waals surface area contributed by atoms with Crippen molar-refractivity contribution in [1.29, 1.82) is 0 Å². The Morgan fingerprint density at radius 3 is 2.25 bits per heavy atom. The summed E-state index contributed by atoms with van der Waals surface area (Å²) in [6.45, 7) is 0. The molecular formula is C13H26N2O. The highest BCUT2D eigenvalue weighted by Gasteiger charge is 2.33. The number of rotatable bonds is 3. The van der Waals surface area contributed by atoms with Gasteiger partial charge in [-0.1, -0.05) is 0 Å². The number of hydrogen-bond donors (Lipinski definition) is 2. The van der Waals surface area contributed by atoms with Crippen molar-refractivity contribution in [2.24, 2.45) is 0 Å². The molecule has 2 aliphatic carbocycles. The molecule has 2 aliphatic rings. The van der Waals surface area contributed by atoms with E-state index in [1.54, 1.807) is 0 Å². The lowest BCUT2D eigenvalue weighted by molar-refractivity contribution is 0.0471. The SMILES string of the molecule is CNC1CCC(N(C)C2CCCC2O)CC1. The third-order valence-corrected chi connectivity index (χ3v) is 4.65. The lowest BCUT2D eigenvalue weighted by Gasteiger charge is -2.38. The lowest BCUT2D eigenvalue weighted by atomic mass is 9.89. The van der Waals surface area contributed by atoms with Crippen LogP contribution in [0.1, 0.15) is 44.9 Å². The normalized spacial score (nSPS) is 40.5. The average Bonchev–Trinajstić information content (AvgIpc) is 2.75. The molecule has 0 saturated heterocycles. The van der Waals surface area contributed by atoms with E-state index in [2.05, 4.69) is 24.3 Å². The molecule has 3 heteroatoms. The summed E-state index contributed by atoms with van der Waals surface area (Å²) in [5.41, 5.74) is 0. The predicted molar refractivity (Wildman–Crippen MR) is 66.5 cm³/mol. The Morgan fingerprint density at radius 2 is 1.75 bits per heavy atom. The molecule has 0 aromatic heterocycles. The molecule has 0 spiro atoms. The fraction of sp³-hybridized carbons (Fsp3) is 1.00. The smallest absolute Gasteiger partial charge is 0.0695 e. The highest BCUT2D eigenvalue weighted by Crippen LogP contribution is 2.29. The lowest BCUT2D eigenvalue weighted by Crippen LogP contribution is -2.47. The quantitative estimate of drug-likeness (QED) is 0.763. The summed E-state index contributed by atoms with van der Waals surface area (Å²) in [7, 11) is 4.28. The first-order valence-electron chi connectivity index (χ1n) is 6.79. The van der Waals surface area contributed by atoms with Crippen molar-refractivity contribution in [2.45, 2.75) is 69.2 Å². The molecule has 3 nitrogen and oxygen atoms in total. The third-order valence-electron chi connectivity index (χ3n) is 4.65. The minimum absolute atomic E-state index is 0.0768. The molecule has 94 valence electrons.